The molecular formula is C23H27N3O5. The van der Waals surface area contributed by atoms with Crippen LogP contribution in [0.1, 0.15) is 55.5 Å². The van der Waals surface area contributed by atoms with Crippen LogP contribution in [0, 0.1) is 5.92 Å². The number of amides is 3. The zero-order chi connectivity index (χ0) is 22.2. The first-order valence-corrected chi connectivity index (χ1v) is 10.8. The predicted octanol–water partition coefficient (Wildman–Crippen LogP) is 2.96. The van der Waals surface area contributed by atoms with E-state index in [2.05, 4.69) is 10.3 Å². The number of nitrogens with one attached hydrogen (secondary N) is 2. The summed E-state index contributed by atoms with van der Waals surface area (Å²) in [5, 5.41) is 3.58. The number of para-hydroxylation sites is 1. The highest BCUT2D eigenvalue weighted by molar-refractivity contribution is 6.10. The van der Waals surface area contributed by atoms with E-state index in [9.17, 15) is 19.2 Å². The number of carbonyl (C=O) groups is 4. The Balaban J connectivity index is 1.39. The second kappa shape index (κ2) is 8.17. The van der Waals surface area contributed by atoms with Gasteiger partial charge in [-0.15, -0.1) is 0 Å². The van der Waals surface area contributed by atoms with Crippen LogP contribution in [-0.4, -0.2) is 52.3 Å². The summed E-state index contributed by atoms with van der Waals surface area (Å²) >= 11 is 0. The van der Waals surface area contributed by atoms with Crippen LogP contribution >= 0.6 is 0 Å². The quantitative estimate of drug-likeness (QED) is 0.420. The zero-order valence-corrected chi connectivity index (χ0v) is 17.8. The van der Waals surface area contributed by atoms with E-state index < -0.39 is 30.7 Å². The summed E-state index contributed by atoms with van der Waals surface area (Å²) in [4.78, 5) is 54.3. The van der Waals surface area contributed by atoms with Crippen LogP contribution in [0.3, 0.4) is 0 Å². The largest absolute Gasteiger partial charge is 0.456 e. The van der Waals surface area contributed by atoms with Gasteiger partial charge in [-0.05, 0) is 30.7 Å². The van der Waals surface area contributed by atoms with E-state index in [4.69, 9.17) is 4.74 Å². The number of ether oxygens (including phenoxy) is 1. The van der Waals surface area contributed by atoms with Gasteiger partial charge in [0, 0.05) is 22.7 Å². The molecule has 2 N–H and O–H groups in total. The van der Waals surface area contributed by atoms with Crippen LogP contribution in [0.4, 0.5) is 4.79 Å². The summed E-state index contributed by atoms with van der Waals surface area (Å²) in [6.45, 7) is 3.03. The maximum atomic E-state index is 12.9. The molecule has 2 aromatic rings. The fourth-order valence-electron chi connectivity index (χ4n) is 4.78. The summed E-state index contributed by atoms with van der Waals surface area (Å²) in [5.41, 5.74) is 1.51. The van der Waals surface area contributed by atoms with Crippen molar-refractivity contribution in [3.63, 3.8) is 0 Å². The second-order valence-electron chi connectivity index (χ2n) is 8.42. The van der Waals surface area contributed by atoms with E-state index in [-0.39, 0.29) is 17.6 Å². The van der Waals surface area contributed by atoms with Crippen LogP contribution in [0.5, 0.6) is 0 Å². The molecule has 1 saturated heterocycles. The lowest BCUT2D eigenvalue weighted by molar-refractivity contribution is -0.147. The molecule has 2 atom stereocenters. The van der Waals surface area contributed by atoms with Crippen LogP contribution in [-0.2, 0) is 20.7 Å². The molecule has 4 rings (SSSR count). The number of hydrogen-bond acceptors (Lipinski definition) is 5. The molecule has 1 aromatic heterocycles. The Labute approximate surface area is 180 Å². The average molecular weight is 425 g/mol. The molecule has 1 aliphatic heterocycles. The second-order valence-corrected chi connectivity index (χ2v) is 8.42. The first-order valence-electron chi connectivity index (χ1n) is 10.8. The van der Waals surface area contributed by atoms with Crippen molar-refractivity contribution in [3.8, 4) is 0 Å². The SMILES string of the molecule is CCc1cccc2c(C(=O)COC(=O)CN3C(=O)N[C@]4(CCCC[C@@H]4C)C3=O)c[nH]c12. The van der Waals surface area contributed by atoms with Gasteiger partial charge in [-0.2, -0.15) is 0 Å². The molecule has 164 valence electrons. The fraction of sp³-hybridized carbons (Fsp3) is 0.478. The van der Waals surface area contributed by atoms with Crippen molar-refractivity contribution in [2.24, 2.45) is 5.92 Å². The number of ketones is 1. The fourth-order valence-corrected chi connectivity index (χ4v) is 4.78. The Morgan fingerprint density at radius 1 is 1.26 bits per heavy atom. The predicted molar refractivity (Wildman–Crippen MR) is 114 cm³/mol. The number of aryl methyl sites for hydroxylation is 1. The molecule has 0 bridgehead atoms. The first-order chi connectivity index (χ1) is 14.9. The molecule has 31 heavy (non-hydrogen) atoms. The van der Waals surface area contributed by atoms with E-state index >= 15 is 0 Å². The maximum Gasteiger partial charge on any atom is 0.326 e. The molecule has 8 nitrogen and oxygen atoms in total. The molecule has 3 amide bonds. The first kappa shape index (κ1) is 21.1. The molecule has 2 heterocycles. The van der Waals surface area contributed by atoms with Gasteiger partial charge in [-0.1, -0.05) is 44.9 Å². The Morgan fingerprint density at radius 2 is 2.06 bits per heavy atom. The number of aromatic amines is 1. The standard InChI is InChI=1S/C23H27N3O5/c1-3-15-8-6-9-16-17(11-24-20(15)16)18(27)13-31-19(28)12-26-21(29)23(25-22(26)30)10-5-4-7-14(23)2/h6,8-9,11,14,24H,3-5,7,10,12-13H2,1-2H3,(H,25,30)/t14-,23-/m0/s1. The number of Topliss-reactive ketones (excluding diaryl/α,β-unsaturated/α-hetero) is 1. The third-order valence-electron chi connectivity index (χ3n) is 6.64. The van der Waals surface area contributed by atoms with Gasteiger partial charge in [-0.3, -0.25) is 19.3 Å². The van der Waals surface area contributed by atoms with Crippen molar-refractivity contribution in [2.75, 3.05) is 13.2 Å². The van der Waals surface area contributed by atoms with Gasteiger partial charge in [0.15, 0.2) is 6.61 Å². The normalized spacial score (nSPS) is 23.4. The van der Waals surface area contributed by atoms with Gasteiger partial charge in [0.05, 0.1) is 0 Å². The Hall–Kier alpha value is -3.16. The number of carbonyl (C=O) groups excluding carboxylic acids is 4. The molecule has 1 aliphatic carbocycles. The van der Waals surface area contributed by atoms with Gasteiger partial charge in [0.25, 0.3) is 5.91 Å². The number of nitrogens with zero attached hydrogens (tertiary/aromatic N) is 1. The highest BCUT2D eigenvalue weighted by Gasteiger charge is 2.55. The van der Waals surface area contributed by atoms with Crippen molar-refractivity contribution >= 4 is 34.6 Å². The number of aromatic nitrogens is 1. The summed E-state index contributed by atoms with van der Waals surface area (Å²) in [6, 6.07) is 5.14. The van der Waals surface area contributed by atoms with E-state index in [1.807, 2.05) is 32.0 Å². The number of H-pyrrole nitrogens is 1. The van der Waals surface area contributed by atoms with Gasteiger partial charge >= 0.3 is 12.0 Å². The van der Waals surface area contributed by atoms with Crippen molar-refractivity contribution in [3.05, 3.63) is 35.5 Å². The third kappa shape index (κ3) is 3.60. The lowest BCUT2D eigenvalue weighted by Gasteiger charge is -2.36. The van der Waals surface area contributed by atoms with Crippen molar-refractivity contribution in [1.29, 1.82) is 0 Å². The summed E-state index contributed by atoms with van der Waals surface area (Å²) < 4.78 is 5.12. The number of hydrogen-bond donors (Lipinski definition) is 2. The van der Waals surface area contributed by atoms with Gasteiger partial charge in [-0.25, -0.2) is 4.79 Å². The Morgan fingerprint density at radius 3 is 2.81 bits per heavy atom. The number of urea groups is 1. The zero-order valence-electron chi connectivity index (χ0n) is 17.8. The monoisotopic (exact) mass is 425 g/mol. The van der Waals surface area contributed by atoms with Crippen LogP contribution < -0.4 is 5.32 Å². The molecule has 0 radical (unpaired) electrons. The molecule has 2 fully saturated rings. The van der Waals surface area contributed by atoms with E-state index in [0.29, 0.717) is 12.0 Å². The van der Waals surface area contributed by atoms with Crippen LogP contribution in [0.25, 0.3) is 10.9 Å². The van der Waals surface area contributed by atoms with Gasteiger partial charge in [0.1, 0.15) is 12.1 Å². The molecular weight excluding hydrogens is 398 g/mol. The smallest absolute Gasteiger partial charge is 0.326 e. The van der Waals surface area contributed by atoms with Gasteiger partial charge in [0.2, 0.25) is 5.78 Å². The lowest BCUT2D eigenvalue weighted by Crippen LogP contribution is -2.54. The van der Waals surface area contributed by atoms with E-state index in [0.717, 1.165) is 47.0 Å². The Bertz CT molecular complexity index is 1060. The number of rotatable bonds is 6. The minimum absolute atomic E-state index is 0.00943. The summed E-state index contributed by atoms with van der Waals surface area (Å²) in [7, 11) is 0. The minimum Gasteiger partial charge on any atom is -0.456 e. The topological polar surface area (TPSA) is 109 Å². The van der Waals surface area contributed by atoms with Crippen LogP contribution in [0.15, 0.2) is 24.4 Å². The van der Waals surface area contributed by atoms with Crippen LogP contribution in [0.2, 0.25) is 0 Å². The minimum atomic E-state index is -0.924. The highest BCUT2D eigenvalue weighted by Crippen LogP contribution is 2.38. The maximum absolute atomic E-state index is 12.9. The van der Waals surface area contributed by atoms with Crippen molar-refractivity contribution in [1.82, 2.24) is 15.2 Å². The van der Waals surface area contributed by atoms with Crippen molar-refractivity contribution < 1.29 is 23.9 Å². The average Bonchev–Trinajstić information content (AvgIpc) is 3.30. The molecule has 1 saturated carbocycles. The summed E-state index contributed by atoms with van der Waals surface area (Å²) in [5.74, 6) is -1.50. The lowest BCUT2D eigenvalue weighted by atomic mass is 9.73. The van der Waals surface area contributed by atoms with E-state index in [1.165, 1.54) is 0 Å². The highest BCUT2D eigenvalue weighted by atomic mass is 16.5. The molecule has 1 aromatic carbocycles. The Kier molecular flexibility index (Phi) is 5.56. The van der Waals surface area contributed by atoms with Crippen molar-refractivity contribution in [2.45, 2.75) is 51.5 Å². The van der Waals surface area contributed by atoms with E-state index in [1.54, 1.807) is 6.20 Å². The third-order valence-corrected chi connectivity index (χ3v) is 6.64. The van der Waals surface area contributed by atoms with Gasteiger partial charge < -0.3 is 15.0 Å². The number of esters is 1. The molecule has 8 heteroatoms. The molecule has 1 spiro atoms. The number of benzene rings is 1. The molecule has 2 aliphatic rings. The number of imide groups is 1. The summed E-state index contributed by atoms with van der Waals surface area (Å²) in [6.07, 6.45) is 5.74. The number of fused-ring (bicyclic) bond motifs is 1. The molecule has 0 unspecified atom stereocenters.